The second-order valence-electron chi connectivity index (χ2n) is 6.83. The van der Waals surface area contributed by atoms with Crippen LogP contribution < -0.4 is 0 Å². The van der Waals surface area contributed by atoms with E-state index in [1.807, 2.05) is 0 Å². The molecule has 21 heavy (non-hydrogen) atoms. The number of amides is 1. The largest absolute Gasteiger partial charge is 0.433 e. The Kier molecular flexibility index (Phi) is 4.19. The van der Waals surface area contributed by atoms with Crippen molar-refractivity contribution in [2.24, 2.45) is 11.8 Å². The molecule has 0 aromatic heterocycles. The minimum Gasteiger partial charge on any atom is -0.341 e. The predicted molar refractivity (Wildman–Crippen MR) is 78.2 cm³/mol. The van der Waals surface area contributed by atoms with Crippen molar-refractivity contribution in [1.29, 1.82) is 0 Å². The molecule has 0 spiro atoms. The highest BCUT2D eigenvalue weighted by atomic mass is 32.2. The molecule has 120 valence electrons. The SMILES string of the molecule is CN1CCCC([S+](CC(F)(F)F)C2CC3CCC2C3)C1=O. The van der Waals surface area contributed by atoms with Crippen molar-refractivity contribution < 1.29 is 18.0 Å². The van der Waals surface area contributed by atoms with Gasteiger partial charge < -0.3 is 4.90 Å². The van der Waals surface area contributed by atoms with Crippen LogP contribution in [-0.2, 0) is 15.7 Å². The van der Waals surface area contributed by atoms with E-state index in [-0.39, 0.29) is 16.4 Å². The summed E-state index contributed by atoms with van der Waals surface area (Å²) in [6.07, 6.45) is 1.63. The van der Waals surface area contributed by atoms with E-state index < -0.39 is 22.8 Å². The molecule has 3 aliphatic rings. The lowest BCUT2D eigenvalue weighted by atomic mass is 10.0. The topological polar surface area (TPSA) is 20.3 Å². The third-order valence-corrected chi connectivity index (χ3v) is 8.55. The van der Waals surface area contributed by atoms with Gasteiger partial charge in [0.25, 0.3) is 5.91 Å². The molecule has 0 aromatic carbocycles. The Labute approximate surface area is 126 Å². The van der Waals surface area contributed by atoms with E-state index in [1.54, 1.807) is 11.9 Å². The quantitative estimate of drug-likeness (QED) is 0.732. The Morgan fingerprint density at radius 3 is 2.57 bits per heavy atom. The van der Waals surface area contributed by atoms with Crippen LogP contribution in [0.15, 0.2) is 0 Å². The Balaban J connectivity index is 1.80. The van der Waals surface area contributed by atoms with Crippen LogP contribution in [0.1, 0.15) is 38.5 Å². The molecule has 2 nitrogen and oxygen atoms in total. The maximum atomic E-state index is 13.1. The average Bonchev–Trinajstić information content (AvgIpc) is 3.01. The molecule has 6 heteroatoms. The molecule has 1 heterocycles. The Morgan fingerprint density at radius 2 is 2.00 bits per heavy atom. The van der Waals surface area contributed by atoms with Crippen molar-refractivity contribution in [2.75, 3.05) is 19.3 Å². The van der Waals surface area contributed by atoms with Gasteiger partial charge in [-0.2, -0.15) is 13.2 Å². The highest BCUT2D eigenvalue weighted by molar-refractivity contribution is 7.98. The molecule has 2 bridgehead atoms. The summed E-state index contributed by atoms with van der Waals surface area (Å²) in [7, 11) is 0.904. The number of rotatable bonds is 3. The van der Waals surface area contributed by atoms with Crippen LogP contribution >= 0.6 is 0 Å². The number of carbonyl (C=O) groups excluding carboxylic acids is 1. The van der Waals surface area contributed by atoms with E-state index in [0.29, 0.717) is 24.8 Å². The highest BCUT2D eigenvalue weighted by Gasteiger charge is 2.57. The van der Waals surface area contributed by atoms with Gasteiger partial charge in [-0.1, -0.05) is 0 Å². The second-order valence-corrected chi connectivity index (χ2v) is 9.23. The zero-order valence-electron chi connectivity index (χ0n) is 12.4. The van der Waals surface area contributed by atoms with Crippen LogP contribution in [0.2, 0.25) is 0 Å². The van der Waals surface area contributed by atoms with E-state index in [4.69, 9.17) is 0 Å². The molecule has 2 saturated carbocycles. The fourth-order valence-electron chi connectivity index (χ4n) is 4.44. The third kappa shape index (κ3) is 3.20. The van der Waals surface area contributed by atoms with Gasteiger partial charge in [-0.25, -0.2) is 0 Å². The number of hydrogen-bond acceptors (Lipinski definition) is 1. The molecule has 2 aliphatic carbocycles. The fourth-order valence-corrected chi connectivity index (χ4v) is 7.82. The van der Waals surface area contributed by atoms with Crippen LogP contribution in [0, 0.1) is 11.8 Å². The first-order valence-corrected chi connectivity index (χ1v) is 9.37. The van der Waals surface area contributed by atoms with Crippen LogP contribution in [0.3, 0.4) is 0 Å². The number of halogens is 3. The summed E-state index contributed by atoms with van der Waals surface area (Å²) in [5.74, 6) is 0.280. The van der Waals surface area contributed by atoms with Gasteiger partial charge in [0.05, 0.1) is 0 Å². The van der Waals surface area contributed by atoms with E-state index in [0.717, 1.165) is 25.7 Å². The summed E-state index contributed by atoms with van der Waals surface area (Å²) in [5, 5.41) is -0.236. The lowest BCUT2D eigenvalue weighted by molar-refractivity contribution is -0.131. The summed E-state index contributed by atoms with van der Waals surface area (Å²) in [4.78, 5) is 14.0. The molecular weight excluding hydrogens is 299 g/mol. The number of fused-ring (bicyclic) bond motifs is 2. The van der Waals surface area contributed by atoms with Gasteiger partial charge in [-0.3, -0.25) is 4.79 Å². The van der Waals surface area contributed by atoms with Crippen LogP contribution in [0.5, 0.6) is 0 Å². The molecule has 1 aliphatic heterocycles. The molecule has 1 saturated heterocycles. The Bertz CT molecular complexity index is 414. The minimum atomic E-state index is -4.15. The number of likely N-dealkylation sites (tertiary alicyclic amines) is 1. The Morgan fingerprint density at radius 1 is 1.24 bits per heavy atom. The standard InChI is InChI=1S/C15H23F3NOS/c1-19-6-2-3-12(14(19)20)21(9-15(16,17)18)13-8-10-4-5-11(13)7-10/h10-13H,2-9H2,1H3/q+1. The molecule has 3 fully saturated rings. The zero-order chi connectivity index (χ0) is 15.2. The van der Waals surface area contributed by atoms with Gasteiger partial charge in [-0.05, 0) is 38.0 Å². The molecule has 5 atom stereocenters. The van der Waals surface area contributed by atoms with Gasteiger partial charge in [0.1, 0.15) is 5.25 Å². The molecule has 1 amide bonds. The smallest absolute Gasteiger partial charge is 0.341 e. The van der Waals surface area contributed by atoms with E-state index in [1.165, 1.54) is 6.42 Å². The van der Waals surface area contributed by atoms with Gasteiger partial charge in [-0.15, -0.1) is 0 Å². The van der Waals surface area contributed by atoms with Crippen molar-refractivity contribution in [3.05, 3.63) is 0 Å². The minimum absolute atomic E-state index is 0.0448. The number of piperidine rings is 1. The first-order valence-electron chi connectivity index (χ1n) is 7.85. The van der Waals surface area contributed by atoms with Crippen molar-refractivity contribution in [3.8, 4) is 0 Å². The summed E-state index contributed by atoms with van der Waals surface area (Å²) in [6.45, 7) is 0.690. The van der Waals surface area contributed by atoms with Gasteiger partial charge in [0.2, 0.25) is 5.75 Å². The van der Waals surface area contributed by atoms with E-state index in [2.05, 4.69) is 0 Å². The first kappa shape index (κ1) is 15.5. The Hall–Kier alpha value is -0.390. The number of alkyl halides is 3. The van der Waals surface area contributed by atoms with Gasteiger partial charge in [0.15, 0.2) is 5.25 Å². The summed E-state index contributed by atoms with van der Waals surface area (Å²) >= 11 is 0. The number of hydrogen-bond donors (Lipinski definition) is 0. The van der Waals surface area contributed by atoms with Gasteiger partial charge >= 0.3 is 6.18 Å². The summed E-state index contributed by atoms with van der Waals surface area (Å²) in [6, 6.07) is 0. The molecule has 5 unspecified atom stereocenters. The van der Waals surface area contributed by atoms with Crippen molar-refractivity contribution in [2.45, 2.75) is 55.2 Å². The average molecular weight is 322 g/mol. The lowest BCUT2D eigenvalue weighted by Crippen LogP contribution is -2.52. The molecule has 0 N–H and O–H groups in total. The molecular formula is C15H23F3NOS+. The van der Waals surface area contributed by atoms with Crippen LogP contribution in [-0.4, -0.2) is 46.8 Å². The van der Waals surface area contributed by atoms with Crippen LogP contribution in [0.25, 0.3) is 0 Å². The number of carbonyl (C=O) groups is 1. The maximum Gasteiger partial charge on any atom is 0.433 e. The van der Waals surface area contributed by atoms with Crippen molar-refractivity contribution >= 4 is 16.8 Å². The van der Waals surface area contributed by atoms with E-state index in [9.17, 15) is 18.0 Å². The predicted octanol–water partition coefficient (Wildman–Crippen LogP) is 2.98. The highest BCUT2D eigenvalue weighted by Crippen LogP contribution is 2.50. The summed E-state index contributed by atoms with van der Waals surface area (Å²) < 4.78 is 39.2. The zero-order valence-corrected chi connectivity index (χ0v) is 13.2. The molecule has 0 aromatic rings. The lowest BCUT2D eigenvalue weighted by Gasteiger charge is -2.33. The first-order chi connectivity index (χ1) is 9.85. The molecule has 0 radical (unpaired) electrons. The van der Waals surface area contributed by atoms with E-state index >= 15 is 0 Å². The summed E-state index contributed by atoms with van der Waals surface area (Å²) in [5.41, 5.74) is 0. The second kappa shape index (κ2) is 5.67. The van der Waals surface area contributed by atoms with Crippen LogP contribution in [0.4, 0.5) is 13.2 Å². The third-order valence-electron chi connectivity index (χ3n) is 5.37. The van der Waals surface area contributed by atoms with Crippen molar-refractivity contribution in [1.82, 2.24) is 4.90 Å². The number of nitrogens with zero attached hydrogens (tertiary/aromatic N) is 1. The maximum absolute atomic E-state index is 13.1. The fraction of sp³-hybridized carbons (Fsp3) is 0.933. The van der Waals surface area contributed by atoms with Gasteiger partial charge in [0, 0.05) is 36.8 Å². The molecule has 3 rings (SSSR count). The normalized spacial score (nSPS) is 38.1. The monoisotopic (exact) mass is 322 g/mol. The van der Waals surface area contributed by atoms with Crippen molar-refractivity contribution in [3.63, 3.8) is 0 Å².